The van der Waals surface area contributed by atoms with Crippen LogP contribution >= 0.6 is 0 Å². The van der Waals surface area contributed by atoms with Crippen LogP contribution in [0.25, 0.3) is 0 Å². The van der Waals surface area contributed by atoms with E-state index in [0.717, 1.165) is 31.7 Å². The molecular formula is C20H28N4O3. The van der Waals surface area contributed by atoms with Crippen LogP contribution in [0, 0.1) is 0 Å². The van der Waals surface area contributed by atoms with Gasteiger partial charge in [-0.1, -0.05) is 30.3 Å². The maximum Gasteiger partial charge on any atom is 0.237 e. The largest absolute Gasteiger partial charge is 0.379 e. The van der Waals surface area contributed by atoms with Gasteiger partial charge in [0, 0.05) is 38.9 Å². The van der Waals surface area contributed by atoms with Crippen molar-refractivity contribution >= 4 is 5.91 Å². The third-order valence-corrected chi connectivity index (χ3v) is 4.52. The topological polar surface area (TPSA) is 91.4 Å². The minimum atomic E-state index is -0.603. The Morgan fingerprint density at radius 2 is 2.26 bits per heavy atom. The number of nitrogens with zero attached hydrogens (tertiary/aromatic N) is 2. The van der Waals surface area contributed by atoms with Crippen LogP contribution in [0.5, 0.6) is 0 Å². The van der Waals surface area contributed by atoms with Gasteiger partial charge >= 0.3 is 0 Å². The molecule has 146 valence electrons. The van der Waals surface area contributed by atoms with Crippen molar-refractivity contribution in [2.75, 3.05) is 26.4 Å². The Hall–Kier alpha value is -2.22. The molecule has 1 amide bonds. The van der Waals surface area contributed by atoms with Crippen molar-refractivity contribution in [3.05, 3.63) is 54.1 Å². The fraction of sp³-hybridized carbons (Fsp3) is 0.500. The molecule has 0 bridgehead atoms. The minimum Gasteiger partial charge on any atom is -0.379 e. The van der Waals surface area contributed by atoms with Crippen molar-refractivity contribution < 1.29 is 14.3 Å². The third-order valence-electron chi connectivity index (χ3n) is 4.52. The average Bonchev–Trinajstić information content (AvgIpc) is 3.34. The van der Waals surface area contributed by atoms with E-state index < -0.39 is 6.04 Å². The van der Waals surface area contributed by atoms with E-state index in [0.29, 0.717) is 26.2 Å². The number of hydrogen-bond acceptors (Lipinski definition) is 5. The smallest absolute Gasteiger partial charge is 0.237 e. The van der Waals surface area contributed by atoms with Gasteiger partial charge in [-0.25, -0.2) is 4.98 Å². The molecule has 27 heavy (non-hydrogen) atoms. The zero-order valence-corrected chi connectivity index (χ0v) is 15.5. The molecule has 1 aromatic heterocycles. The summed E-state index contributed by atoms with van der Waals surface area (Å²) in [5.41, 5.74) is 8.04. The number of nitrogens with one attached hydrogen (secondary N) is 1. The SMILES string of the molecule is N[C@@H](Cc1cn(Cc2ccccc2)cn1)C(=O)NCCCOC1CCOC1. The number of aromatic nitrogens is 2. The van der Waals surface area contributed by atoms with Gasteiger partial charge in [0.15, 0.2) is 0 Å². The third kappa shape index (κ3) is 6.46. The van der Waals surface area contributed by atoms with Crippen molar-refractivity contribution in [3.63, 3.8) is 0 Å². The molecule has 1 aliphatic heterocycles. The molecule has 0 aliphatic carbocycles. The van der Waals surface area contributed by atoms with Crippen LogP contribution in [0.15, 0.2) is 42.9 Å². The van der Waals surface area contributed by atoms with Crippen LogP contribution in [0.2, 0.25) is 0 Å². The first-order chi connectivity index (χ1) is 13.2. The lowest BCUT2D eigenvalue weighted by Gasteiger charge is -2.12. The van der Waals surface area contributed by atoms with E-state index in [2.05, 4.69) is 22.4 Å². The van der Waals surface area contributed by atoms with E-state index in [4.69, 9.17) is 15.2 Å². The molecule has 3 rings (SSSR count). The molecule has 2 atom stereocenters. The monoisotopic (exact) mass is 372 g/mol. The summed E-state index contributed by atoms with van der Waals surface area (Å²) in [5.74, 6) is -0.156. The van der Waals surface area contributed by atoms with Gasteiger partial charge in [-0.15, -0.1) is 0 Å². The van der Waals surface area contributed by atoms with Gasteiger partial charge in [0.05, 0.1) is 30.8 Å². The minimum absolute atomic E-state index is 0.156. The van der Waals surface area contributed by atoms with Crippen LogP contribution in [-0.2, 0) is 27.2 Å². The highest BCUT2D eigenvalue weighted by atomic mass is 16.5. The van der Waals surface area contributed by atoms with E-state index in [-0.39, 0.29) is 12.0 Å². The van der Waals surface area contributed by atoms with Gasteiger partial charge in [0.1, 0.15) is 0 Å². The number of nitrogens with two attached hydrogens (primary N) is 1. The van der Waals surface area contributed by atoms with E-state index in [9.17, 15) is 4.79 Å². The van der Waals surface area contributed by atoms with Gasteiger partial charge in [-0.3, -0.25) is 4.79 Å². The van der Waals surface area contributed by atoms with Gasteiger partial charge < -0.3 is 25.1 Å². The van der Waals surface area contributed by atoms with Gasteiger partial charge in [-0.05, 0) is 18.4 Å². The van der Waals surface area contributed by atoms with E-state index in [1.54, 1.807) is 6.33 Å². The molecule has 0 spiro atoms. The van der Waals surface area contributed by atoms with Crippen LogP contribution in [0.1, 0.15) is 24.1 Å². The zero-order chi connectivity index (χ0) is 18.9. The van der Waals surface area contributed by atoms with Gasteiger partial charge in [-0.2, -0.15) is 0 Å². The highest BCUT2D eigenvalue weighted by molar-refractivity contribution is 5.81. The Bertz CT molecular complexity index is 698. The molecule has 1 fully saturated rings. The van der Waals surface area contributed by atoms with Crippen LogP contribution in [0.4, 0.5) is 0 Å². The number of imidazole rings is 1. The second kappa shape index (κ2) is 10.2. The molecule has 1 aliphatic rings. The average molecular weight is 372 g/mol. The lowest BCUT2D eigenvalue weighted by molar-refractivity contribution is -0.122. The first-order valence-electron chi connectivity index (χ1n) is 9.48. The maximum atomic E-state index is 12.1. The summed E-state index contributed by atoms with van der Waals surface area (Å²) >= 11 is 0. The normalized spacial score (nSPS) is 17.7. The summed E-state index contributed by atoms with van der Waals surface area (Å²) in [5, 5.41) is 2.86. The Balaban J connectivity index is 1.34. The molecule has 2 aromatic rings. The van der Waals surface area contributed by atoms with Gasteiger partial charge in [0.2, 0.25) is 5.91 Å². The van der Waals surface area contributed by atoms with E-state index >= 15 is 0 Å². The summed E-state index contributed by atoms with van der Waals surface area (Å²) in [6.07, 6.45) is 6.06. The zero-order valence-electron chi connectivity index (χ0n) is 15.5. The predicted octanol–water partition coefficient (Wildman–Crippen LogP) is 1.11. The number of amides is 1. The predicted molar refractivity (Wildman–Crippen MR) is 102 cm³/mol. The maximum absolute atomic E-state index is 12.1. The fourth-order valence-corrected chi connectivity index (χ4v) is 3.02. The van der Waals surface area contributed by atoms with Crippen molar-refractivity contribution in [1.82, 2.24) is 14.9 Å². The molecule has 0 saturated carbocycles. The summed E-state index contributed by atoms with van der Waals surface area (Å²) in [6.45, 7) is 3.38. The summed E-state index contributed by atoms with van der Waals surface area (Å²) < 4.78 is 12.9. The van der Waals surface area contributed by atoms with E-state index in [1.165, 1.54) is 5.56 Å². The number of rotatable bonds is 10. The first kappa shape index (κ1) is 19.5. The molecular weight excluding hydrogens is 344 g/mol. The lowest BCUT2D eigenvalue weighted by Crippen LogP contribution is -2.42. The second-order valence-electron chi connectivity index (χ2n) is 6.83. The number of hydrogen-bond donors (Lipinski definition) is 2. The fourth-order valence-electron chi connectivity index (χ4n) is 3.02. The van der Waals surface area contributed by atoms with Crippen LogP contribution in [-0.4, -0.2) is 54.0 Å². The quantitative estimate of drug-likeness (QED) is 0.610. The van der Waals surface area contributed by atoms with Crippen LogP contribution in [0.3, 0.4) is 0 Å². The van der Waals surface area contributed by atoms with Crippen molar-refractivity contribution in [2.24, 2.45) is 5.73 Å². The molecule has 1 unspecified atom stereocenters. The Morgan fingerprint density at radius 3 is 3.04 bits per heavy atom. The van der Waals surface area contributed by atoms with E-state index in [1.807, 2.05) is 29.0 Å². The van der Waals surface area contributed by atoms with Crippen LogP contribution < -0.4 is 11.1 Å². The highest BCUT2D eigenvalue weighted by Gasteiger charge is 2.17. The Labute approximate surface area is 159 Å². The number of carbonyl (C=O) groups is 1. The summed E-state index contributed by atoms with van der Waals surface area (Å²) in [6, 6.07) is 9.56. The Morgan fingerprint density at radius 1 is 1.41 bits per heavy atom. The second-order valence-corrected chi connectivity index (χ2v) is 6.83. The summed E-state index contributed by atoms with van der Waals surface area (Å²) in [4.78, 5) is 16.5. The molecule has 3 N–H and O–H groups in total. The summed E-state index contributed by atoms with van der Waals surface area (Å²) in [7, 11) is 0. The molecule has 7 heteroatoms. The van der Waals surface area contributed by atoms with Crippen molar-refractivity contribution in [2.45, 2.75) is 38.0 Å². The molecule has 2 heterocycles. The molecule has 1 aromatic carbocycles. The number of ether oxygens (including phenoxy) is 2. The van der Waals surface area contributed by atoms with Crippen molar-refractivity contribution in [3.8, 4) is 0 Å². The molecule has 7 nitrogen and oxygen atoms in total. The number of carbonyl (C=O) groups excluding carboxylic acids is 1. The first-order valence-corrected chi connectivity index (χ1v) is 9.48. The number of benzene rings is 1. The van der Waals surface area contributed by atoms with Crippen molar-refractivity contribution in [1.29, 1.82) is 0 Å². The van der Waals surface area contributed by atoms with Gasteiger partial charge in [0.25, 0.3) is 0 Å². The highest BCUT2D eigenvalue weighted by Crippen LogP contribution is 2.08. The molecule has 0 radical (unpaired) electrons. The lowest BCUT2D eigenvalue weighted by atomic mass is 10.1. The Kier molecular flexibility index (Phi) is 7.38. The standard InChI is InChI=1S/C20H28N4O3/c21-19(20(25)22-8-4-9-27-18-7-10-26-14-18)11-17-13-24(15-23-17)12-16-5-2-1-3-6-16/h1-3,5-6,13,15,18-19H,4,7-12,14,21H2,(H,22,25)/t18?,19-/m0/s1. The molecule has 1 saturated heterocycles.